The summed E-state index contributed by atoms with van der Waals surface area (Å²) in [6.07, 6.45) is 0. The van der Waals surface area contributed by atoms with Gasteiger partial charge in [-0.2, -0.15) is 4.31 Å². The van der Waals surface area contributed by atoms with Gasteiger partial charge >= 0.3 is 5.69 Å². The molecule has 0 atom stereocenters. The molecule has 0 amide bonds. The smallest absolute Gasteiger partial charge is 0.310 e. The average molecular weight is 460 g/mol. The van der Waals surface area contributed by atoms with Gasteiger partial charge in [0.15, 0.2) is 5.75 Å². The second kappa shape index (κ2) is 9.27. The molecule has 1 aliphatic heterocycles. The Hall–Kier alpha value is -1.91. The molecule has 0 aliphatic carbocycles. The number of rotatable bonds is 7. The SMILES string of the molecule is O=[N+]([O-])c1ccccc1OCCN1CCN(S(=O)(=O)c2cccc(Cl)c2Cl)CC1. The molecule has 2 aromatic rings. The molecule has 0 saturated carbocycles. The Morgan fingerprint density at radius 3 is 2.41 bits per heavy atom. The van der Waals surface area contributed by atoms with Crippen LogP contribution in [0.1, 0.15) is 0 Å². The van der Waals surface area contributed by atoms with E-state index in [0.29, 0.717) is 32.7 Å². The lowest BCUT2D eigenvalue weighted by molar-refractivity contribution is -0.385. The Morgan fingerprint density at radius 1 is 1.03 bits per heavy atom. The zero-order valence-corrected chi connectivity index (χ0v) is 17.7. The number of benzene rings is 2. The molecule has 11 heteroatoms. The minimum absolute atomic E-state index is 0.000151. The second-order valence-corrected chi connectivity index (χ2v) is 9.06. The fourth-order valence-corrected chi connectivity index (χ4v) is 5.19. The summed E-state index contributed by atoms with van der Waals surface area (Å²) in [5.74, 6) is 0.217. The van der Waals surface area contributed by atoms with Crippen molar-refractivity contribution in [2.75, 3.05) is 39.3 Å². The van der Waals surface area contributed by atoms with Crippen molar-refractivity contribution in [3.05, 3.63) is 62.6 Å². The summed E-state index contributed by atoms with van der Waals surface area (Å²) in [4.78, 5) is 12.6. The summed E-state index contributed by atoms with van der Waals surface area (Å²) >= 11 is 12.0. The lowest BCUT2D eigenvalue weighted by Gasteiger charge is -2.34. The van der Waals surface area contributed by atoms with Gasteiger partial charge in [0.25, 0.3) is 0 Å². The van der Waals surface area contributed by atoms with E-state index in [1.165, 1.54) is 22.5 Å². The second-order valence-electron chi connectivity index (χ2n) is 6.37. The first-order chi connectivity index (χ1) is 13.8. The van der Waals surface area contributed by atoms with Gasteiger partial charge in [-0.15, -0.1) is 0 Å². The van der Waals surface area contributed by atoms with Crippen LogP contribution in [0.5, 0.6) is 5.75 Å². The molecule has 1 fully saturated rings. The maximum atomic E-state index is 12.8. The molecule has 1 aliphatic rings. The van der Waals surface area contributed by atoms with Crippen LogP contribution in [0.4, 0.5) is 5.69 Å². The van der Waals surface area contributed by atoms with Crippen LogP contribution in [-0.2, 0) is 10.0 Å². The number of ether oxygens (including phenoxy) is 1. The van der Waals surface area contributed by atoms with E-state index in [1.54, 1.807) is 24.3 Å². The van der Waals surface area contributed by atoms with Crippen LogP contribution in [0.2, 0.25) is 10.0 Å². The highest BCUT2D eigenvalue weighted by Gasteiger charge is 2.30. The molecular weight excluding hydrogens is 441 g/mol. The van der Waals surface area contributed by atoms with Crippen LogP contribution in [0.15, 0.2) is 47.4 Å². The van der Waals surface area contributed by atoms with Crippen molar-refractivity contribution >= 4 is 38.9 Å². The lowest BCUT2D eigenvalue weighted by atomic mass is 10.3. The van der Waals surface area contributed by atoms with Crippen LogP contribution in [-0.4, -0.2) is 61.9 Å². The number of hydrogen-bond acceptors (Lipinski definition) is 6. The van der Waals surface area contributed by atoms with Gasteiger partial charge in [-0.3, -0.25) is 15.0 Å². The van der Waals surface area contributed by atoms with Gasteiger partial charge in [-0.05, 0) is 18.2 Å². The maximum absolute atomic E-state index is 12.8. The van der Waals surface area contributed by atoms with Crippen LogP contribution in [0.25, 0.3) is 0 Å². The maximum Gasteiger partial charge on any atom is 0.310 e. The van der Waals surface area contributed by atoms with E-state index in [0.717, 1.165) is 0 Å². The normalized spacial score (nSPS) is 15.9. The molecule has 0 radical (unpaired) electrons. The van der Waals surface area contributed by atoms with Crippen LogP contribution in [0.3, 0.4) is 0 Å². The zero-order chi connectivity index (χ0) is 21.0. The Morgan fingerprint density at radius 2 is 1.72 bits per heavy atom. The molecule has 0 N–H and O–H groups in total. The van der Waals surface area contributed by atoms with Gasteiger partial charge in [0, 0.05) is 38.8 Å². The summed E-state index contributed by atoms with van der Waals surface area (Å²) in [5.41, 5.74) is -0.0817. The summed E-state index contributed by atoms with van der Waals surface area (Å²) in [6, 6.07) is 10.7. The van der Waals surface area contributed by atoms with Crippen molar-refractivity contribution in [3.63, 3.8) is 0 Å². The summed E-state index contributed by atoms with van der Waals surface area (Å²) < 4.78 is 32.6. The van der Waals surface area contributed by atoms with Crippen LogP contribution >= 0.6 is 23.2 Å². The number of nitro benzene ring substituents is 1. The molecule has 1 heterocycles. The van der Waals surface area contributed by atoms with Crippen LogP contribution in [0, 0.1) is 10.1 Å². The highest BCUT2D eigenvalue weighted by atomic mass is 35.5. The van der Waals surface area contributed by atoms with Gasteiger partial charge in [0.05, 0.1) is 15.0 Å². The zero-order valence-electron chi connectivity index (χ0n) is 15.3. The summed E-state index contributed by atoms with van der Waals surface area (Å²) in [7, 11) is -3.73. The molecule has 0 spiro atoms. The molecule has 156 valence electrons. The Kier molecular flexibility index (Phi) is 6.97. The molecule has 29 heavy (non-hydrogen) atoms. The molecule has 1 saturated heterocycles. The molecule has 0 unspecified atom stereocenters. The first-order valence-electron chi connectivity index (χ1n) is 8.83. The fourth-order valence-electron chi connectivity index (χ4n) is 3.03. The van der Waals surface area contributed by atoms with Crippen molar-refractivity contribution in [2.45, 2.75) is 4.90 Å². The average Bonchev–Trinajstić information content (AvgIpc) is 2.70. The number of nitrogens with zero attached hydrogens (tertiary/aromatic N) is 3. The third kappa shape index (κ3) is 4.99. The van der Waals surface area contributed by atoms with Crippen molar-refractivity contribution in [2.24, 2.45) is 0 Å². The molecule has 0 bridgehead atoms. The molecule has 2 aromatic carbocycles. The topological polar surface area (TPSA) is 93.0 Å². The number of para-hydroxylation sites is 2. The minimum atomic E-state index is -3.73. The predicted molar refractivity (Wildman–Crippen MR) is 110 cm³/mol. The molecule has 3 rings (SSSR count). The minimum Gasteiger partial charge on any atom is -0.485 e. The van der Waals surface area contributed by atoms with Crippen molar-refractivity contribution in [1.82, 2.24) is 9.21 Å². The van der Waals surface area contributed by atoms with E-state index in [4.69, 9.17) is 27.9 Å². The van der Waals surface area contributed by atoms with Gasteiger partial charge in [0.2, 0.25) is 10.0 Å². The lowest BCUT2D eigenvalue weighted by Crippen LogP contribution is -2.49. The quantitative estimate of drug-likeness (QED) is 0.465. The first-order valence-corrected chi connectivity index (χ1v) is 11.0. The molecule has 0 aromatic heterocycles. The van der Waals surface area contributed by atoms with Gasteiger partial charge in [-0.1, -0.05) is 41.4 Å². The number of piperazine rings is 1. The Labute approximate surface area is 178 Å². The Bertz CT molecular complexity index is 995. The highest BCUT2D eigenvalue weighted by Crippen LogP contribution is 2.31. The standard InChI is InChI=1S/C18H19Cl2N3O5S/c19-14-4-3-7-17(18(14)20)29(26,27)22-10-8-21(9-11-22)12-13-28-16-6-2-1-5-15(16)23(24)25/h1-7H,8-13H2. The van der Waals surface area contributed by atoms with Crippen LogP contribution < -0.4 is 4.74 Å². The fraction of sp³-hybridized carbons (Fsp3) is 0.333. The van der Waals surface area contributed by atoms with E-state index in [2.05, 4.69) is 0 Å². The third-order valence-electron chi connectivity index (χ3n) is 4.59. The highest BCUT2D eigenvalue weighted by molar-refractivity contribution is 7.89. The van der Waals surface area contributed by atoms with E-state index in [-0.39, 0.29) is 33.0 Å². The number of sulfonamides is 1. The summed E-state index contributed by atoms with van der Waals surface area (Å²) in [5, 5.41) is 11.2. The molecular formula is C18H19Cl2N3O5S. The van der Waals surface area contributed by atoms with Crippen molar-refractivity contribution in [3.8, 4) is 5.75 Å². The third-order valence-corrected chi connectivity index (χ3v) is 7.46. The van der Waals surface area contributed by atoms with E-state index >= 15 is 0 Å². The Balaban J connectivity index is 1.55. The predicted octanol–water partition coefficient (Wildman–Crippen LogP) is 3.29. The van der Waals surface area contributed by atoms with Gasteiger partial charge < -0.3 is 4.74 Å². The van der Waals surface area contributed by atoms with E-state index < -0.39 is 14.9 Å². The van der Waals surface area contributed by atoms with Crippen molar-refractivity contribution < 1.29 is 18.1 Å². The van der Waals surface area contributed by atoms with Crippen molar-refractivity contribution in [1.29, 1.82) is 0 Å². The van der Waals surface area contributed by atoms with E-state index in [9.17, 15) is 18.5 Å². The van der Waals surface area contributed by atoms with Gasteiger partial charge in [0.1, 0.15) is 11.5 Å². The summed E-state index contributed by atoms with van der Waals surface area (Å²) in [6.45, 7) is 2.41. The first kappa shape index (κ1) is 21.8. The number of halogens is 2. The number of hydrogen-bond donors (Lipinski definition) is 0. The molecule has 8 nitrogen and oxygen atoms in total. The number of nitro groups is 1. The van der Waals surface area contributed by atoms with E-state index in [1.807, 2.05) is 4.90 Å². The van der Waals surface area contributed by atoms with Gasteiger partial charge in [-0.25, -0.2) is 8.42 Å². The largest absolute Gasteiger partial charge is 0.485 e. The monoisotopic (exact) mass is 459 g/mol.